The second-order valence-corrected chi connectivity index (χ2v) is 10.1. The Hall–Kier alpha value is -3.68. The number of aliphatic carboxylic acids is 1. The fourth-order valence-corrected chi connectivity index (χ4v) is 4.42. The van der Waals surface area contributed by atoms with Gasteiger partial charge in [-0.05, 0) is 20.9 Å². The number of aromatic nitrogens is 4. The maximum absolute atomic E-state index is 13.1. The van der Waals surface area contributed by atoms with E-state index in [1.165, 1.54) is 25.4 Å². The lowest BCUT2D eigenvalue weighted by Gasteiger charge is -2.43. The van der Waals surface area contributed by atoms with E-state index in [1.54, 1.807) is 7.05 Å². The van der Waals surface area contributed by atoms with Crippen molar-refractivity contribution in [3.05, 3.63) is 23.0 Å². The van der Waals surface area contributed by atoms with E-state index in [4.69, 9.17) is 10.6 Å². The van der Waals surface area contributed by atoms with Crippen molar-refractivity contribution >= 4 is 50.3 Å². The van der Waals surface area contributed by atoms with Gasteiger partial charge in [0.05, 0.1) is 18.4 Å². The van der Waals surface area contributed by atoms with Crippen LogP contribution in [0.4, 0.5) is 5.13 Å². The molecule has 0 bridgehead atoms. The number of rotatable bonds is 11. The van der Waals surface area contributed by atoms with Crippen LogP contribution in [0.3, 0.4) is 0 Å². The van der Waals surface area contributed by atoms with Gasteiger partial charge in [0.2, 0.25) is 5.60 Å². The summed E-state index contributed by atoms with van der Waals surface area (Å²) in [6.45, 7) is 2.46. The van der Waals surface area contributed by atoms with Gasteiger partial charge in [0.1, 0.15) is 17.8 Å². The summed E-state index contributed by atoms with van der Waals surface area (Å²) in [6, 6.07) is -2.73. The predicted molar refractivity (Wildman–Crippen MR) is 123 cm³/mol. The average molecular weight is 546 g/mol. The summed E-state index contributed by atoms with van der Waals surface area (Å²) < 4.78 is 33.2. The van der Waals surface area contributed by atoms with Gasteiger partial charge >= 0.3 is 16.3 Å². The molecule has 3 rings (SSSR count). The van der Waals surface area contributed by atoms with Crippen LogP contribution in [0.5, 0.6) is 0 Å². The van der Waals surface area contributed by atoms with E-state index in [-0.39, 0.29) is 21.7 Å². The number of anilines is 1. The topological polar surface area (TPSA) is 244 Å². The standard InChI is InChI=1S/C17H23N9O8S2/c1-17(2,15(29)30)34-24-11(9-7-35-16(18)21-9)13(27)22-12-10(26(14(12)28)36(31,32)33)6-25-20-5-8(23-25)4-19-3/h5,7,10,12,19H,4,6H2,1-3H3,(H2,18,21)(H,22,27)(H,29,30)(H,31,32,33)/t10-,12+/m1/s1. The average Bonchev–Trinajstić information content (AvgIpc) is 3.39. The highest BCUT2D eigenvalue weighted by molar-refractivity contribution is 7.84. The SMILES string of the molecule is CNCc1cnn(C[C@@H]2[C@H](NC(=O)C(=NOC(C)(C)C(=O)O)c3csc(N)n3)C(=O)N2S(=O)(=O)O)n1. The quantitative estimate of drug-likeness (QED) is 0.0873. The molecule has 1 aliphatic rings. The van der Waals surface area contributed by atoms with Crippen molar-refractivity contribution in [1.29, 1.82) is 0 Å². The van der Waals surface area contributed by atoms with Crippen molar-refractivity contribution in [3.8, 4) is 0 Å². The van der Waals surface area contributed by atoms with Gasteiger partial charge in [0.25, 0.3) is 11.8 Å². The second kappa shape index (κ2) is 10.1. The molecule has 0 spiro atoms. The molecule has 17 nitrogen and oxygen atoms in total. The number of nitrogens with two attached hydrogens (primary N) is 1. The first-order valence-electron chi connectivity index (χ1n) is 10.1. The van der Waals surface area contributed by atoms with Crippen molar-refractivity contribution in [2.75, 3.05) is 12.8 Å². The van der Waals surface area contributed by atoms with Crippen molar-refractivity contribution in [1.82, 2.24) is 34.9 Å². The van der Waals surface area contributed by atoms with Crippen molar-refractivity contribution in [2.45, 2.75) is 44.6 Å². The van der Waals surface area contributed by atoms with Crippen LogP contribution in [0.1, 0.15) is 25.2 Å². The summed E-state index contributed by atoms with van der Waals surface area (Å²) in [6.07, 6.45) is 1.42. The molecule has 19 heteroatoms. The predicted octanol–water partition coefficient (Wildman–Crippen LogP) is -2.18. The van der Waals surface area contributed by atoms with Crippen LogP contribution in [0.25, 0.3) is 0 Å². The highest BCUT2D eigenvalue weighted by Gasteiger charge is 2.54. The fourth-order valence-electron chi connectivity index (χ4n) is 3.00. The number of hydrogen-bond acceptors (Lipinski definition) is 13. The normalized spacial score (nSPS) is 18.6. The van der Waals surface area contributed by atoms with Crippen molar-refractivity contribution < 1.29 is 37.3 Å². The number of hydrogen-bond donors (Lipinski definition) is 5. The molecule has 1 fully saturated rings. The summed E-state index contributed by atoms with van der Waals surface area (Å²) in [5.74, 6) is -3.53. The Morgan fingerprint density at radius 2 is 2.08 bits per heavy atom. The number of nitrogen functional groups attached to an aromatic ring is 1. The smallest absolute Gasteiger partial charge is 0.362 e. The van der Waals surface area contributed by atoms with Crippen LogP contribution >= 0.6 is 11.3 Å². The number of carbonyl (C=O) groups is 3. The van der Waals surface area contributed by atoms with Crippen molar-refractivity contribution in [3.63, 3.8) is 0 Å². The van der Waals surface area contributed by atoms with E-state index >= 15 is 0 Å². The number of nitrogens with zero attached hydrogens (tertiary/aromatic N) is 6. The molecule has 1 saturated heterocycles. The van der Waals surface area contributed by atoms with Gasteiger partial charge < -0.3 is 26.3 Å². The van der Waals surface area contributed by atoms with Crippen molar-refractivity contribution in [2.24, 2.45) is 5.16 Å². The summed E-state index contributed by atoms with van der Waals surface area (Å²) >= 11 is 0.963. The van der Waals surface area contributed by atoms with Crippen LogP contribution in [-0.4, -0.2) is 90.6 Å². The number of thiazole rings is 1. The Labute approximate surface area is 208 Å². The highest BCUT2D eigenvalue weighted by Crippen LogP contribution is 2.25. The molecular weight excluding hydrogens is 522 g/mol. The molecule has 0 aliphatic carbocycles. The first-order valence-corrected chi connectivity index (χ1v) is 12.4. The maximum atomic E-state index is 13.1. The van der Waals surface area contributed by atoms with Crippen LogP contribution < -0.4 is 16.4 Å². The minimum absolute atomic E-state index is 0.0697. The number of nitrogens with one attached hydrogen (secondary N) is 2. The summed E-state index contributed by atoms with van der Waals surface area (Å²) in [5.41, 5.74) is 3.74. The van der Waals surface area contributed by atoms with Gasteiger partial charge in [-0.2, -0.15) is 23.4 Å². The summed E-state index contributed by atoms with van der Waals surface area (Å²) in [4.78, 5) is 47.0. The molecule has 2 atom stereocenters. The van der Waals surface area contributed by atoms with E-state index < -0.39 is 51.5 Å². The minimum Gasteiger partial charge on any atom is -0.478 e. The number of amides is 2. The molecule has 0 unspecified atom stereocenters. The molecule has 2 amide bonds. The highest BCUT2D eigenvalue weighted by atomic mass is 32.2. The van der Waals surface area contributed by atoms with Crippen LogP contribution in [-0.2, 0) is 42.6 Å². The Balaban J connectivity index is 1.88. The van der Waals surface area contributed by atoms with Crippen LogP contribution in [0, 0.1) is 0 Å². The van der Waals surface area contributed by atoms with E-state index in [2.05, 4.69) is 31.0 Å². The lowest BCUT2D eigenvalue weighted by atomic mass is 9.98. The van der Waals surface area contributed by atoms with E-state index in [0.29, 0.717) is 12.2 Å². The Kier molecular flexibility index (Phi) is 7.57. The molecule has 0 radical (unpaired) electrons. The molecule has 6 N–H and O–H groups in total. The third-order valence-corrected chi connectivity index (χ3v) is 6.48. The molecule has 196 valence electrons. The Morgan fingerprint density at radius 3 is 2.64 bits per heavy atom. The zero-order valence-electron chi connectivity index (χ0n) is 19.1. The number of carboxylic acid groups (broad SMARTS) is 1. The first kappa shape index (κ1) is 26.9. The Bertz CT molecular complexity index is 1300. The lowest BCUT2D eigenvalue weighted by molar-refractivity contribution is -0.161. The number of carboxylic acids is 1. The fraction of sp³-hybridized carbons (Fsp3) is 0.471. The van der Waals surface area contributed by atoms with E-state index in [1.807, 2.05) is 0 Å². The molecule has 2 aromatic heterocycles. The third kappa shape index (κ3) is 5.75. The van der Waals surface area contributed by atoms with Gasteiger partial charge in [0, 0.05) is 11.9 Å². The number of oxime groups is 1. The van der Waals surface area contributed by atoms with Gasteiger partial charge in [-0.1, -0.05) is 5.16 Å². The van der Waals surface area contributed by atoms with Gasteiger partial charge in [0.15, 0.2) is 10.8 Å². The minimum atomic E-state index is -4.96. The summed E-state index contributed by atoms with van der Waals surface area (Å²) in [7, 11) is -3.27. The second-order valence-electron chi connectivity index (χ2n) is 7.97. The van der Waals surface area contributed by atoms with E-state index in [9.17, 15) is 32.5 Å². The molecule has 0 aromatic carbocycles. The van der Waals surface area contributed by atoms with Gasteiger partial charge in [-0.15, -0.1) is 11.3 Å². The third-order valence-electron chi connectivity index (χ3n) is 4.86. The van der Waals surface area contributed by atoms with Crippen LogP contribution in [0.15, 0.2) is 16.7 Å². The zero-order chi connectivity index (χ0) is 26.8. The van der Waals surface area contributed by atoms with E-state index in [0.717, 1.165) is 16.1 Å². The maximum Gasteiger partial charge on any atom is 0.362 e. The Morgan fingerprint density at radius 1 is 1.39 bits per heavy atom. The summed E-state index contributed by atoms with van der Waals surface area (Å²) in [5, 5.41) is 27.6. The number of carbonyl (C=O) groups excluding carboxylic acids is 2. The molecule has 0 saturated carbocycles. The van der Waals surface area contributed by atoms with Gasteiger partial charge in [-0.3, -0.25) is 14.1 Å². The van der Waals surface area contributed by atoms with Gasteiger partial charge in [-0.25, -0.2) is 14.1 Å². The molecule has 3 heterocycles. The monoisotopic (exact) mass is 545 g/mol. The molecule has 1 aliphatic heterocycles. The molecular formula is C17H23N9O8S2. The molecule has 2 aromatic rings. The number of β-lactam (4-membered cyclic amide) rings is 1. The van der Waals surface area contributed by atoms with Crippen LogP contribution in [0.2, 0.25) is 0 Å². The lowest BCUT2D eigenvalue weighted by Crippen LogP contribution is -2.73. The first-order chi connectivity index (χ1) is 16.7. The largest absolute Gasteiger partial charge is 0.478 e. The molecule has 36 heavy (non-hydrogen) atoms. The zero-order valence-corrected chi connectivity index (χ0v) is 20.8.